The van der Waals surface area contributed by atoms with Crippen LogP contribution < -0.4 is 15.5 Å². The van der Waals surface area contributed by atoms with Gasteiger partial charge in [-0.2, -0.15) is 0 Å². The molecule has 2 aliphatic rings. The fraction of sp³-hybridized carbons (Fsp3) is 0.303. The van der Waals surface area contributed by atoms with Crippen LogP contribution in [-0.4, -0.2) is 79.4 Å². The molecule has 0 saturated carbocycles. The molecule has 9 heteroatoms. The Hall–Kier alpha value is -4.31. The van der Waals surface area contributed by atoms with Crippen molar-refractivity contribution in [3.63, 3.8) is 0 Å². The van der Waals surface area contributed by atoms with Gasteiger partial charge in [0, 0.05) is 55.0 Å². The maximum atomic E-state index is 13.5. The van der Waals surface area contributed by atoms with Gasteiger partial charge in [0.1, 0.15) is 0 Å². The summed E-state index contributed by atoms with van der Waals surface area (Å²) in [5, 5.41) is 6.48. The third-order valence-electron chi connectivity index (χ3n) is 7.64. The number of rotatable bonds is 9. The molecule has 2 fully saturated rings. The molecule has 42 heavy (non-hydrogen) atoms. The highest BCUT2D eigenvalue weighted by Crippen LogP contribution is 2.25. The minimum absolute atomic E-state index is 0.0127. The lowest BCUT2D eigenvalue weighted by molar-refractivity contribution is -0.123. The first-order valence-electron chi connectivity index (χ1n) is 14.5. The van der Waals surface area contributed by atoms with E-state index in [-0.39, 0.29) is 11.9 Å². The molecule has 0 spiro atoms. The summed E-state index contributed by atoms with van der Waals surface area (Å²) in [4.78, 5) is 27.2. The largest absolute Gasteiger partial charge is 0.379 e. The molecule has 3 aromatic carbocycles. The van der Waals surface area contributed by atoms with Crippen LogP contribution in [-0.2, 0) is 20.7 Å². The SMILES string of the molecule is O=C(Nc1ccc(-c2ccnc(Nc3cccc(N4CCOCC4)c3)n2)cc1)[C@H](Cc1ccccc1)N1CCOCC1. The van der Waals surface area contributed by atoms with Crippen LogP contribution in [0.15, 0.2) is 91.1 Å². The zero-order valence-electron chi connectivity index (χ0n) is 23.6. The van der Waals surface area contributed by atoms with E-state index in [1.807, 2.05) is 60.7 Å². The van der Waals surface area contributed by atoms with Crippen molar-refractivity contribution in [2.24, 2.45) is 0 Å². The van der Waals surface area contributed by atoms with Gasteiger partial charge in [-0.1, -0.05) is 48.5 Å². The molecule has 0 unspecified atom stereocenters. The van der Waals surface area contributed by atoms with Crippen molar-refractivity contribution in [1.29, 1.82) is 0 Å². The van der Waals surface area contributed by atoms with Crippen LogP contribution in [0.4, 0.5) is 23.0 Å². The fourth-order valence-corrected chi connectivity index (χ4v) is 5.37. The maximum Gasteiger partial charge on any atom is 0.242 e. The number of nitrogens with one attached hydrogen (secondary N) is 2. The monoisotopic (exact) mass is 564 g/mol. The predicted molar refractivity (Wildman–Crippen MR) is 165 cm³/mol. The van der Waals surface area contributed by atoms with Crippen LogP contribution in [0.25, 0.3) is 11.3 Å². The number of hydrogen-bond donors (Lipinski definition) is 2. The summed E-state index contributed by atoms with van der Waals surface area (Å²) < 4.78 is 11.0. The van der Waals surface area contributed by atoms with E-state index in [9.17, 15) is 4.79 Å². The molecule has 9 nitrogen and oxygen atoms in total. The van der Waals surface area contributed by atoms with E-state index in [0.717, 1.165) is 73.3 Å². The molecule has 1 amide bonds. The number of carbonyl (C=O) groups is 1. The van der Waals surface area contributed by atoms with Gasteiger partial charge in [-0.05, 0) is 48.4 Å². The van der Waals surface area contributed by atoms with E-state index in [0.29, 0.717) is 25.6 Å². The molecule has 4 aromatic rings. The molecule has 2 saturated heterocycles. The van der Waals surface area contributed by atoms with Gasteiger partial charge in [-0.25, -0.2) is 9.97 Å². The Balaban J connectivity index is 1.12. The van der Waals surface area contributed by atoms with Crippen LogP contribution in [0.3, 0.4) is 0 Å². The summed E-state index contributed by atoms with van der Waals surface area (Å²) in [6, 6.07) is 27.8. The second-order valence-electron chi connectivity index (χ2n) is 10.5. The zero-order chi connectivity index (χ0) is 28.6. The van der Waals surface area contributed by atoms with Crippen molar-refractivity contribution >= 4 is 28.9 Å². The summed E-state index contributed by atoms with van der Waals surface area (Å²) in [6.45, 7) is 6.02. The molecule has 1 atom stereocenters. The van der Waals surface area contributed by atoms with Crippen molar-refractivity contribution in [3.05, 3.63) is 96.7 Å². The summed E-state index contributed by atoms with van der Waals surface area (Å²) in [7, 11) is 0. The average Bonchev–Trinajstić information content (AvgIpc) is 3.05. The normalized spacial score (nSPS) is 16.5. The molecule has 0 aliphatic carbocycles. The number of aromatic nitrogens is 2. The lowest BCUT2D eigenvalue weighted by atomic mass is 10.0. The molecule has 216 valence electrons. The summed E-state index contributed by atoms with van der Waals surface area (Å²) >= 11 is 0. The van der Waals surface area contributed by atoms with Crippen molar-refractivity contribution < 1.29 is 14.3 Å². The molecule has 0 radical (unpaired) electrons. The van der Waals surface area contributed by atoms with E-state index >= 15 is 0 Å². The summed E-state index contributed by atoms with van der Waals surface area (Å²) in [6.07, 6.45) is 2.40. The van der Waals surface area contributed by atoms with Gasteiger partial charge < -0.3 is 25.0 Å². The number of amides is 1. The third kappa shape index (κ3) is 7.12. The zero-order valence-corrected chi connectivity index (χ0v) is 23.6. The minimum Gasteiger partial charge on any atom is -0.379 e. The Labute approximate surface area is 246 Å². The van der Waals surface area contributed by atoms with E-state index in [2.05, 4.69) is 49.7 Å². The van der Waals surface area contributed by atoms with E-state index in [1.165, 1.54) is 0 Å². The topological polar surface area (TPSA) is 91.9 Å². The molecule has 2 aliphatic heterocycles. The molecule has 3 heterocycles. The highest BCUT2D eigenvalue weighted by atomic mass is 16.5. The number of morpholine rings is 2. The number of ether oxygens (including phenoxy) is 2. The van der Waals surface area contributed by atoms with Crippen LogP contribution in [0.1, 0.15) is 5.56 Å². The second-order valence-corrected chi connectivity index (χ2v) is 10.5. The standard InChI is InChI=1S/C33H36N6O3/c40-32(31(39-17-21-42-22-18-39)23-25-5-2-1-3-6-25)35-27-11-9-26(10-12-27)30-13-14-34-33(37-30)36-28-7-4-8-29(24-28)38-15-19-41-20-16-38/h1-14,24,31H,15-23H2,(H,35,40)(H,34,36,37)/t31-/m0/s1. The van der Waals surface area contributed by atoms with Gasteiger partial charge in [-0.15, -0.1) is 0 Å². The quantitative estimate of drug-likeness (QED) is 0.305. The van der Waals surface area contributed by atoms with Gasteiger partial charge >= 0.3 is 0 Å². The minimum atomic E-state index is -0.270. The molecular formula is C33H36N6O3. The smallest absolute Gasteiger partial charge is 0.242 e. The van der Waals surface area contributed by atoms with E-state index in [4.69, 9.17) is 14.5 Å². The Kier molecular flexibility index (Phi) is 8.99. The number of carbonyl (C=O) groups excluding carboxylic acids is 1. The van der Waals surface area contributed by atoms with Gasteiger partial charge in [0.05, 0.1) is 38.2 Å². The highest BCUT2D eigenvalue weighted by molar-refractivity contribution is 5.95. The molecule has 2 N–H and O–H groups in total. The van der Waals surface area contributed by atoms with Gasteiger partial charge in [0.2, 0.25) is 11.9 Å². The van der Waals surface area contributed by atoms with E-state index in [1.54, 1.807) is 6.20 Å². The van der Waals surface area contributed by atoms with Crippen LogP contribution >= 0.6 is 0 Å². The third-order valence-corrected chi connectivity index (χ3v) is 7.64. The van der Waals surface area contributed by atoms with Crippen molar-refractivity contribution in [3.8, 4) is 11.3 Å². The summed E-state index contributed by atoms with van der Waals surface area (Å²) in [5.41, 5.74) is 5.71. The van der Waals surface area contributed by atoms with Crippen molar-refractivity contribution in [1.82, 2.24) is 14.9 Å². The van der Waals surface area contributed by atoms with Crippen LogP contribution in [0.2, 0.25) is 0 Å². The molecule has 0 bridgehead atoms. The van der Waals surface area contributed by atoms with Crippen molar-refractivity contribution in [2.75, 3.05) is 68.1 Å². The first kappa shape index (κ1) is 27.8. The molecule has 6 rings (SSSR count). The predicted octanol–water partition coefficient (Wildman–Crippen LogP) is 4.61. The Morgan fingerprint density at radius 1 is 0.810 bits per heavy atom. The second kappa shape index (κ2) is 13.6. The number of anilines is 4. The molecule has 1 aromatic heterocycles. The van der Waals surface area contributed by atoms with Gasteiger partial charge in [0.25, 0.3) is 0 Å². The number of nitrogens with zero attached hydrogens (tertiary/aromatic N) is 4. The Morgan fingerprint density at radius 2 is 1.55 bits per heavy atom. The number of benzene rings is 3. The fourth-order valence-electron chi connectivity index (χ4n) is 5.37. The lowest BCUT2D eigenvalue weighted by Crippen LogP contribution is -2.50. The average molecular weight is 565 g/mol. The maximum absolute atomic E-state index is 13.5. The molecular weight excluding hydrogens is 528 g/mol. The Bertz CT molecular complexity index is 1450. The highest BCUT2D eigenvalue weighted by Gasteiger charge is 2.28. The lowest BCUT2D eigenvalue weighted by Gasteiger charge is -2.33. The van der Waals surface area contributed by atoms with Crippen LogP contribution in [0.5, 0.6) is 0 Å². The van der Waals surface area contributed by atoms with Gasteiger partial charge in [0.15, 0.2) is 0 Å². The van der Waals surface area contributed by atoms with Crippen LogP contribution in [0, 0.1) is 0 Å². The Morgan fingerprint density at radius 3 is 2.31 bits per heavy atom. The van der Waals surface area contributed by atoms with E-state index < -0.39 is 0 Å². The first-order valence-corrected chi connectivity index (χ1v) is 14.5. The van der Waals surface area contributed by atoms with Crippen molar-refractivity contribution in [2.45, 2.75) is 12.5 Å². The number of hydrogen-bond acceptors (Lipinski definition) is 8. The van der Waals surface area contributed by atoms with Gasteiger partial charge in [-0.3, -0.25) is 9.69 Å². The first-order chi connectivity index (χ1) is 20.7. The summed E-state index contributed by atoms with van der Waals surface area (Å²) in [5.74, 6) is 0.514.